The number of pyridine rings is 1. The zero-order valence-electron chi connectivity index (χ0n) is 16.4. The summed E-state index contributed by atoms with van der Waals surface area (Å²) >= 11 is 6.17. The summed E-state index contributed by atoms with van der Waals surface area (Å²) < 4.78 is 12.7. The van der Waals surface area contributed by atoms with Gasteiger partial charge >= 0.3 is 5.97 Å². The van der Waals surface area contributed by atoms with Crippen molar-refractivity contribution in [2.45, 2.75) is 25.9 Å². The number of ether oxygens (including phenoxy) is 2. The summed E-state index contributed by atoms with van der Waals surface area (Å²) in [5.41, 5.74) is 0.860. The van der Waals surface area contributed by atoms with Crippen molar-refractivity contribution in [2.24, 2.45) is 5.41 Å². The van der Waals surface area contributed by atoms with Gasteiger partial charge in [0.2, 0.25) is 0 Å². The van der Waals surface area contributed by atoms with E-state index in [1.807, 2.05) is 12.1 Å². The number of halogens is 1. The Morgan fingerprint density at radius 3 is 2.70 bits per heavy atom. The van der Waals surface area contributed by atoms with E-state index in [4.69, 9.17) is 26.2 Å². The summed E-state index contributed by atoms with van der Waals surface area (Å²) in [6.07, 6.45) is 2.66. The Hall–Kier alpha value is -2.90. The predicted molar refractivity (Wildman–Crippen MR) is 112 cm³/mol. The van der Waals surface area contributed by atoms with Gasteiger partial charge in [0, 0.05) is 17.8 Å². The molecule has 0 bridgehead atoms. The van der Waals surface area contributed by atoms with Crippen molar-refractivity contribution < 1.29 is 19.4 Å². The lowest BCUT2D eigenvalue weighted by Crippen LogP contribution is -2.46. The Labute approximate surface area is 177 Å². The van der Waals surface area contributed by atoms with E-state index < -0.39 is 11.4 Å². The summed E-state index contributed by atoms with van der Waals surface area (Å²) in [6, 6.07) is 12.1. The van der Waals surface area contributed by atoms with Gasteiger partial charge in [-0.2, -0.15) is 0 Å². The number of benzene rings is 1. The molecule has 3 aromatic rings. The highest BCUT2D eigenvalue weighted by Crippen LogP contribution is 2.42. The predicted octanol–water partition coefficient (Wildman–Crippen LogP) is 3.66. The van der Waals surface area contributed by atoms with Crippen LogP contribution in [-0.2, 0) is 9.53 Å². The number of aromatic nitrogens is 2. The molecule has 2 aromatic heterocycles. The average molecular weight is 429 g/mol. The summed E-state index contributed by atoms with van der Waals surface area (Å²) in [5.74, 6) is -0.105. The van der Waals surface area contributed by atoms with Gasteiger partial charge in [-0.3, -0.25) is 14.0 Å². The molecule has 1 aliphatic rings. The lowest BCUT2D eigenvalue weighted by atomic mass is 9.68. The first-order valence-electron chi connectivity index (χ1n) is 9.62. The van der Waals surface area contributed by atoms with Crippen LogP contribution >= 0.6 is 11.6 Å². The number of carboxylic acids is 1. The largest absolute Gasteiger partial charge is 0.491 e. The van der Waals surface area contributed by atoms with E-state index in [2.05, 4.69) is 4.98 Å². The van der Waals surface area contributed by atoms with Crippen LogP contribution in [0, 0.1) is 5.41 Å². The van der Waals surface area contributed by atoms with Gasteiger partial charge in [0.05, 0.1) is 28.8 Å². The number of hydrogen-bond acceptors (Lipinski definition) is 5. The van der Waals surface area contributed by atoms with E-state index in [1.165, 1.54) is 10.5 Å². The maximum absolute atomic E-state index is 12.3. The molecule has 0 spiro atoms. The normalized spacial score (nSPS) is 20.7. The van der Waals surface area contributed by atoms with E-state index in [1.54, 1.807) is 37.4 Å². The Bertz CT molecular complexity index is 1140. The third kappa shape index (κ3) is 4.04. The quantitative estimate of drug-likeness (QED) is 0.577. The summed E-state index contributed by atoms with van der Waals surface area (Å²) in [5, 5.41) is 9.52. The first-order valence-corrected chi connectivity index (χ1v) is 10.00. The maximum Gasteiger partial charge on any atom is 0.309 e. The van der Waals surface area contributed by atoms with Gasteiger partial charge in [-0.05, 0) is 56.2 Å². The second-order valence-corrected chi connectivity index (χ2v) is 8.08. The molecular formula is C22H21ClN2O5. The zero-order chi connectivity index (χ0) is 21.3. The van der Waals surface area contributed by atoms with Crippen LogP contribution < -0.4 is 10.3 Å². The molecular weight excluding hydrogens is 408 g/mol. The molecule has 156 valence electrons. The van der Waals surface area contributed by atoms with Gasteiger partial charge in [0.1, 0.15) is 12.4 Å². The van der Waals surface area contributed by atoms with Crippen molar-refractivity contribution in [3.8, 4) is 17.0 Å². The number of aliphatic carboxylic acids is 1. The minimum Gasteiger partial charge on any atom is -0.491 e. The van der Waals surface area contributed by atoms with Crippen LogP contribution in [0.1, 0.15) is 19.8 Å². The number of carbonyl (C=O) groups is 1. The highest BCUT2D eigenvalue weighted by molar-refractivity contribution is 6.33. The number of carboxylic acid groups (broad SMARTS) is 1. The van der Waals surface area contributed by atoms with E-state index in [-0.39, 0.29) is 11.7 Å². The third-order valence-electron chi connectivity index (χ3n) is 5.37. The standard InChI is InChI=1S/C22H21ClN2O5/c1-22(21(27)28)12-16(13-22)30-10-9-29-15-6-4-14(5-7-15)18-11-19(26)25-8-2-3-17(23)20(25)24-18/h2-8,11,16H,9-10,12-13H2,1H3,(H,27,28). The van der Waals surface area contributed by atoms with Crippen molar-refractivity contribution in [3.63, 3.8) is 0 Å². The van der Waals surface area contributed by atoms with Gasteiger partial charge in [0.15, 0.2) is 5.65 Å². The Morgan fingerprint density at radius 1 is 1.27 bits per heavy atom. The molecule has 0 saturated heterocycles. The molecule has 30 heavy (non-hydrogen) atoms. The number of nitrogens with zero attached hydrogens (tertiary/aromatic N) is 2. The molecule has 1 N–H and O–H groups in total. The molecule has 1 aliphatic carbocycles. The molecule has 2 heterocycles. The first-order chi connectivity index (χ1) is 14.4. The van der Waals surface area contributed by atoms with E-state index in [9.17, 15) is 9.59 Å². The lowest BCUT2D eigenvalue weighted by molar-refractivity contribution is -0.165. The number of rotatable bonds is 7. The number of fused-ring (bicyclic) bond motifs is 1. The van der Waals surface area contributed by atoms with Crippen molar-refractivity contribution >= 4 is 23.2 Å². The first kappa shape index (κ1) is 20.4. The molecule has 1 aromatic carbocycles. The van der Waals surface area contributed by atoms with Gasteiger partial charge in [-0.15, -0.1) is 0 Å². The van der Waals surface area contributed by atoms with Crippen molar-refractivity contribution in [1.29, 1.82) is 0 Å². The molecule has 0 unspecified atom stereocenters. The molecule has 4 rings (SSSR count). The van der Waals surface area contributed by atoms with Gasteiger partial charge in [-0.1, -0.05) is 11.6 Å². The smallest absolute Gasteiger partial charge is 0.309 e. The van der Waals surface area contributed by atoms with Gasteiger partial charge < -0.3 is 14.6 Å². The van der Waals surface area contributed by atoms with E-state index >= 15 is 0 Å². The minimum absolute atomic E-state index is 0.0259. The van der Waals surface area contributed by atoms with Crippen LogP contribution in [-0.4, -0.2) is 39.8 Å². The second kappa shape index (κ2) is 8.08. The Balaban J connectivity index is 1.34. The Kier molecular flexibility index (Phi) is 5.49. The van der Waals surface area contributed by atoms with Gasteiger partial charge in [0.25, 0.3) is 5.56 Å². The van der Waals surface area contributed by atoms with Crippen LogP contribution in [0.5, 0.6) is 5.75 Å². The fourth-order valence-electron chi connectivity index (χ4n) is 3.57. The van der Waals surface area contributed by atoms with Crippen LogP contribution in [0.3, 0.4) is 0 Å². The second-order valence-electron chi connectivity index (χ2n) is 7.67. The van der Waals surface area contributed by atoms with E-state index in [0.29, 0.717) is 48.2 Å². The highest BCUT2D eigenvalue weighted by Gasteiger charge is 2.47. The van der Waals surface area contributed by atoms with Crippen LogP contribution in [0.2, 0.25) is 5.02 Å². The van der Waals surface area contributed by atoms with Gasteiger partial charge in [-0.25, -0.2) is 4.98 Å². The van der Waals surface area contributed by atoms with E-state index in [0.717, 1.165) is 5.56 Å². The summed E-state index contributed by atoms with van der Waals surface area (Å²) in [7, 11) is 0. The maximum atomic E-state index is 12.3. The average Bonchev–Trinajstić information content (AvgIpc) is 2.70. The molecule has 0 atom stereocenters. The lowest BCUT2D eigenvalue weighted by Gasteiger charge is -2.41. The fraction of sp³-hybridized carbons (Fsp3) is 0.318. The molecule has 0 aliphatic heterocycles. The van der Waals surface area contributed by atoms with Crippen molar-refractivity contribution in [3.05, 3.63) is 64.0 Å². The monoisotopic (exact) mass is 428 g/mol. The molecule has 0 radical (unpaired) electrons. The topological polar surface area (TPSA) is 90.1 Å². The van der Waals surface area contributed by atoms with Crippen LogP contribution in [0.15, 0.2) is 53.5 Å². The summed E-state index contributed by atoms with van der Waals surface area (Å²) in [6.45, 7) is 2.49. The number of hydrogen-bond donors (Lipinski definition) is 1. The highest BCUT2D eigenvalue weighted by atomic mass is 35.5. The molecule has 1 saturated carbocycles. The van der Waals surface area contributed by atoms with Crippen LogP contribution in [0.25, 0.3) is 16.9 Å². The molecule has 8 heteroatoms. The van der Waals surface area contributed by atoms with Crippen molar-refractivity contribution in [1.82, 2.24) is 9.38 Å². The SMILES string of the molecule is CC1(C(=O)O)CC(OCCOc2ccc(-c3cc(=O)n4cccc(Cl)c4n3)cc2)C1. The molecule has 0 amide bonds. The minimum atomic E-state index is -0.774. The zero-order valence-corrected chi connectivity index (χ0v) is 17.1. The van der Waals surface area contributed by atoms with Crippen molar-refractivity contribution in [2.75, 3.05) is 13.2 Å². The third-order valence-corrected chi connectivity index (χ3v) is 5.67. The van der Waals surface area contributed by atoms with Crippen LogP contribution in [0.4, 0.5) is 0 Å². The molecule has 1 fully saturated rings. The fourth-order valence-corrected chi connectivity index (χ4v) is 3.78. The molecule has 7 nitrogen and oxygen atoms in total. The Morgan fingerprint density at radius 2 is 2.00 bits per heavy atom. The summed E-state index contributed by atoms with van der Waals surface area (Å²) in [4.78, 5) is 27.9.